The minimum atomic E-state index is -0.359. The molecular formula is C56H70N4O6. The smallest absolute Gasteiger partial charge is 0.150 e. The van der Waals surface area contributed by atoms with Crippen molar-refractivity contribution < 1.29 is 29.2 Å². The summed E-state index contributed by atoms with van der Waals surface area (Å²) in [6.07, 6.45) is 16.4. The van der Waals surface area contributed by atoms with Crippen LogP contribution >= 0.6 is 0 Å². The molecule has 2 aliphatic carbocycles. The number of aromatic hydroxyl groups is 2. The Balaban J connectivity index is 1.10. The van der Waals surface area contributed by atoms with E-state index in [1.807, 2.05) is 36.4 Å². The highest BCUT2D eigenvalue weighted by Gasteiger charge is 2.47. The third-order valence-corrected chi connectivity index (χ3v) is 14.7. The Bertz CT molecular complexity index is 2410. The lowest BCUT2D eigenvalue weighted by molar-refractivity contribution is 0.0104. The number of phenols is 2. The van der Waals surface area contributed by atoms with Gasteiger partial charge in [0, 0.05) is 34.8 Å². The summed E-state index contributed by atoms with van der Waals surface area (Å²) in [5.74, 6) is 3.41. The molecule has 8 rings (SSSR count). The lowest BCUT2D eigenvalue weighted by atomic mass is 9.67. The minimum Gasteiger partial charge on any atom is -0.505 e. The fraction of sp³-hybridized carbons (Fsp3) is 0.500. The zero-order chi connectivity index (χ0) is 46.9. The second-order valence-electron chi connectivity index (χ2n) is 20.2. The van der Waals surface area contributed by atoms with Crippen LogP contribution in [0.2, 0.25) is 0 Å². The van der Waals surface area contributed by atoms with Crippen LogP contribution < -0.4 is 18.9 Å². The summed E-state index contributed by atoms with van der Waals surface area (Å²) in [5.41, 5.74) is 9.23. The van der Waals surface area contributed by atoms with Crippen LogP contribution in [0.25, 0.3) is 11.1 Å². The Labute approximate surface area is 392 Å². The Morgan fingerprint density at radius 1 is 0.591 bits per heavy atom. The predicted octanol–water partition coefficient (Wildman–Crippen LogP) is 16.3. The molecule has 0 spiro atoms. The molecular weight excluding hydrogens is 825 g/mol. The van der Waals surface area contributed by atoms with Crippen molar-refractivity contribution in [3.8, 4) is 45.6 Å². The number of hydrogen-bond acceptors (Lipinski definition) is 10. The van der Waals surface area contributed by atoms with Crippen molar-refractivity contribution >= 4 is 22.7 Å². The van der Waals surface area contributed by atoms with Gasteiger partial charge in [-0.3, -0.25) is 0 Å². The molecule has 66 heavy (non-hydrogen) atoms. The van der Waals surface area contributed by atoms with Gasteiger partial charge >= 0.3 is 0 Å². The fourth-order valence-corrected chi connectivity index (χ4v) is 11.0. The second-order valence-corrected chi connectivity index (χ2v) is 20.2. The van der Waals surface area contributed by atoms with Gasteiger partial charge in [-0.1, -0.05) is 75.0 Å². The number of benzene rings is 4. The van der Waals surface area contributed by atoms with Gasteiger partial charge in [0.15, 0.2) is 11.5 Å². The molecule has 0 radical (unpaired) electrons. The SMILES string of the molecule is CCCCCc1cc2c(c(O)c1/N=N/c1ccc(-c3ccc(/N=N/c4c(CCCCC)cc5c(c4O)C4C=C(C)CCC4C(C)(C)O5)c(OC)c3)cc1OC)C1C=C(C)CCC1C(C)(C)O2. The summed E-state index contributed by atoms with van der Waals surface area (Å²) in [4.78, 5) is 0. The molecule has 0 fully saturated rings. The lowest BCUT2D eigenvalue weighted by Gasteiger charge is -2.46. The Kier molecular flexibility index (Phi) is 13.7. The molecule has 0 saturated carbocycles. The molecule has 4 aromatic rings. The number of fused-ring (bicyclic) bond motifs is 6. The molecule has 0 amide bonds. The summed E-state index contributed by atoms with van der Waals surface area (Å²) in [7, 11) is 3.24. The zero-order valence-corrected chi connectivity index (χ0v) is 40.9. The average Bonchev–Trinajstić information content (AvgIpc) is 3.28. The van der Waals surface area contributed by atoms with Crippen LogP contribution in [0.4, 0.5) is 22.7 Å². The first-order valence-electron chi connectivity index (χ1n) is 24.4. The molecule has 0 aromatic heterocycles. The maximum atomic E-state index is 12.1. The normalized spacial score (nSPS) is 21.5. The standard InChI is InChI=1S/C56H70N4O6/c1-11-13-15-17-37-31-47-49(39-27-33(3)19-23-41(39)55(5,6)65-47)53(61)51(37)59-57-43-25-21-35(29-45(43)63-9)36-22-26-44(46(30-36)64-10)58-60-52-38(18-16-14-12-2)32-48-50(54(52)62)40-28-34(4)20-24-42(40)56(7,8)66-48/h21-22,25-32,39-42,61-62H,11-20,23-24H2,1-10H3/b59-57+,60-58+. The molecule has 4 aromatic carbocycles. The number of allylic oxidation sites excluding steroid dienone is 4. The van der Waals surface area contributed by atoms with Gasteiger partial charge in [0.1, 0.15) is 56.9 Å². The van der Waals surface area contributed by atoms with Crippen LogP contribution in [-0.2, 0) is 12.8 Å². The van der Waals surface area contributed by atoms with Gasteiger partial charge in [-0.15, -0.1) is 20.5 Å². The predicted molar refractivity (Wildman–Crippen MR) is 264 cm³/mol. The van der Waals surface area contributed by atoms with E-state index in [2.05, 4.69) is 79.7 Å². The molecule has 350 valence electrons. The number of azo groups is 2. The molecule has 0 saturated heterocycles. The average molecular weight is 895 g/mol. The topological polar surface area (TPSA) is 127 Å². The van der Waals surface area contributed by atoms with Crippen molar-refractivity contribution in [1.82, 2.24) is 0 Å². The second kappa shape index (κ2) is 19.3. The summed E-state index contributed by atoms with van der Waals surface area (Å²) >= 11 is 0. The number of aryl methyl sites for hydroxylation is 2. The van der Waals surface area contributed by atoms with E-state index in [1.165, 1.54) is 11.1 Å². The fourth-order valence-electron chi connectivity index (χ4n) is 11.0. The Morgan fingerprint density at radius 3 is 1.38 bits per heavy atom. The van der Waals surface area contributed by atoms with Gasteiger partial charge in [0.25, 0.3) is 0 Å². The van der Waals surface area contributed by atoms with E-state index >= 15 is 0 Å². The molecule has 2 heterocycles. The van der Waals surface area contributed by atoms with E-state index in [0.29, 0.717) is 34.2 Å². The van der Waals surface area contributed by atoms with Gasteiger partial charge in [-0.2, -0.15) is 0 Å². The highest BCUT2D eigenvalue weighted by Crippen LogP contribution is 2.58. The molecule has 10 heteroatoms. The van der Waals surface area contributed by atoms with Crippen molar-refractivity contribution in [2.45, 2.75) is 155 Å². The lowest BCUT2D eigenvalue weighted by Crippen LogP contribution is -2.45. The monoisotopic (exact) mass is 895 g/mol. The first-order chi connectivity index (χ1) is 31.7. The molecule has 4 aliphatic rings. The van der Waals surface area contributed by atoms with E-state index < -0.39 is 0 Å². The van der Waals surface area contributed by atoms with Gasteiger partial charge < -0.3 is 29.2 Å². The molecule has 0 bridgehead atoms. The largest absolute Gasteiger partial charge is 0.505 e. The van der Waals surface area contributed by atoms with Crippen LogP contribution in [-0.4, -0.2) is 35.6 Å². The summed E-state index contributed by atoms with van der Waals surface area (Å²) in [5, 5.41) is 43.2. The van der Waals surface area contributed by atoms with E-state index in [9.17, 15) is 10.2 Å². The van der Waals surface area contributed by atoms with Gasteiger partial charge in [0.2, 0.25) is 0 Å². The molecule has 4 unspecified atom stereocenters. The summed E-state index contributed by atoms with van der Waals surface area (Å²) in [6.45, 7) is 17.4. The van der Waals surface area contributed by atoms with Gasteiger partial charge in [0.05, 0.1) is 14.2 Å². The number of nitrogens with zero attached hydrogens (tertiary/aromatic N) is 4. The van der Waals surface area contributed by atoms with Crippen LogP contribution in [0.3, 0.4) is 0 Å². The van der Waals surface area contributed by atoms with Gasteiger partial charge in [-0.05, 0) is 152 Å². The highest BCUT2D eigenvalue weighted by molar-refractivity contribution is 5.74. The van der Waals surface area contributed by atoms with Crippen molar-refractivity contribution in [3.63, 3.8) is 0 Å². The maximum Gasteiger partial charge on any atom is 0.150 e. The number of unbranched alkanes of at least 4 members (excludes halogenated alkanes) is 4. The Hall–Kier alpha value is -5.64. The van der Waals surface area contributed by atoms with E-state index in [-0.39, 0.29) is 46.4 Å². The molecule has 4 atom stereocenters. The van der Waals surface area contributed by atoms with E-state index in [4.69, 9.17) is 39.4 Å². The maximum absolute atomic E-state index is 12.1. The number of hydrogen-bond donors (Lipinski definition) is 2. The first-order valence-corrected chi connectivity index (χ1v) is 24.4. The molecule has 2 N–H and O–H groups in total. The molecule has 2 aliphatic heterocycles. The van der Waals surface area contributed by atoms with Crippen molar-refractivity contribution in [3.05, 3.63) is 94.1 Å². The summed E-state index contributed by atoms with van der Waals surface area (Å²) < 4.78 is 25.1. The van der Waals surface area contributed by atoms with Crippen LogP contribution in [0.1, 0.15) is 154 Å². The van der Waals surface area contributed by atoms with E-state index in [1.54, 1.807) is 14.2 Å². The van der Waals surface area contributed by atoms with Crippen molar-refractivity contribution in [2.24, 2.45) is 32.3 Å². The molecule has 10 nitrogen and oxygen atoms in total. The summed E-state index contributed by atoms with van der Waals surface area (Å²) in [6, 6.07) is 15.8. The van der Waals surface area contributed by atoms with Crippen molar-refractivity contribution in [2.75, 3.05) is 14.2 Å². The number of rotatable bonds is 15. The third-order valence-electron chi connectivity index (χ3n) is 14.7. The highest BCUT2D eigenvalue weighted by atomic mass is 16.5. The number of methoxy groups -OCH3 is 2. The third kappa shape index (κ3) is 9.21. The van der Waals surface area contributed by atoms with E-state index in [0.717, 1.165) is 122 Å². The van der Waals surface area contributed by atoms with Crippen molar-refractivity contribution in [1.29, 1.82) is 0 Å². The quantitative estimate of drug-likeness (QED) is 0.0695. The van der Waals surface area contributed by atoms with Crippen LogP contribution in [0.15, 0.2) is 92.3 Å². The zero-order valence-electron chi connectivity index (χ0n) is 40.9. The first kappa shape index (κ1) is 46.9. The Morgan fingerprint density at radius 2 is 1.00 bits per heavy atom. The van der Waals surface area contributed by atoms with Crippen LogP contribution in [0.5, 0.6) is 34.5 Å². The minimum absolute atomic E-state index is 0.0351. The van der Waals surface area contributed by atoms with Crippen LogP contribution in [0, 0.1) is 11.8 Å². The number of ether oxygens (including phenoxy) is 4. The van der Waals surface area contributed by atoms with Gasteiger partial charge in [-0.25, -0.2) is 0 Å². The number of phenolic OH excluding ortho intramolecular Hbond substituents is 2.